The molecule has 0 saturated carbocycles. The first-order valence-corrected chi connectivity index (χ1v) is 9.30. The lowest BCUT2D eigenvalue weighted by molar-refractivity contribution is 0.186. The van der Waals surface area contributed by atoms with Crippen molar-refractivity contribution in [2.75, 3.05) is 0 Å². The maximum absolute atomic E-state index is 10.3. The zero-order valence-electron chi connectivity index (χ0n) is 15.6. The smallest absolute Gasteiger partial charge is 0.170 e. The Morgan fingerprint density at radius 2 is 1.22 bits per heavy atom. The summed E-state index contributed by atoms with van der Waals surface area (Å²) < 4.78 is 0. The second kappa shape index (κ2) is 9.81. The van der Waals surface area contributed by atoms with Crippen LogP contribution in [0.1, 0.15) is 29.8 Å². The van der Waals surface area contributed by atoms with Gasteiger partial charge in [-0.1, -0.05) is 91.0 Å². The summed E-state index contributed by atoms with van der Waals surface area (Å²) in [4.78, 5) is 6.74. The van der Waals surface area contributed by atoms with E-state index in [0.717, 1.165) is 18.7 Å². The maximum Gasteiger partial charge on any atom is 0.170 e. The van der Waals surface area contributed by atoms with E-state index in [1.54, 1.807) is 0 Å². The van der Waals surface area contributed by atoms with Gasteiger partial charge in [0, 0.05) is 30.9 Å². The first-order valence-electron chi connectivity index (χ1n) is 9.30. The van der Waals surface area contributed by atoms with E-state index in [2.05, 4.69) is 65.3 Å². The number of benzene rings is 3. The summed E-state index contributed by atoms with van der Waals surface area (Å²) in [6.45, 7) is 3.77. The minimum atomic E-state index is -0.830. The average molecular weight is 358 g/mol. The lowest BCUT2D eigenvalue weighted by atomic mass is 10.1. The minimum Gasteiger partial charge on any atom is -0.368 e. The molecule has 0 heterocycles. The van der Waals surface area contributed by atoms with Crippen molar-refractivity contribution >= 4 is 6.21 Å². The molecule has 0 amide bonds. The standard InChI is InChI=1S/C24H26N2O/c1-20(17-25-24(27)23-15-9-4-10-16-23)26(18-21-11-5-2-6-12-21)19-22-13-7-3-8-14-22/h2-17,20,24,27H,18-19H2,1H3/t20-,24?/m0/s1. The second-order valence-electron chi connectivity index (χ2n) is 6.70. The molecule has 1 N–H and O–H groups in total. The Balaban J connectivity index is 1.73. The molecule has 27 heavy (non-hydrogen) atoms. The molecular weight excluding hydrogens is 332 g/mol. The molecular formula is C24H26N2O. The van der Waals surface area contributed by atoms with Gasteiger partial charge in [0.2, 0.25) is 0 Å². The van der Waals surface area contributed by atoms with E-state index in [4.69, 9.17) is 0 Å². The number of hydrogen-bond acceptors (Lipinski definition) is 3. The molecule has 138 valence electrons. The van der Waals surface area contributed by atoms with Gasteiger partial charge in [-0.05, 0) is 18.1 Å². The molecule has 0 radical (unpaired) electrons. The normalized spacial score (nSPS) is 13.7. The summed E-state index contributed by atoms with van der Waals surface area (Å²) in [6, 6.07) is 30.5. The minimum absolute atomic E-state index is 0.0868. The SMILES string of the molecule is C[C@@H](C=NC(O)c1ccccc1)N(Cc1ccccc1)Cc1ccccc1. The van der Waals surface area contributed by atoms with Crippen molar-refractivity contribution in [1.82, 2.24) is 4.90 Å². The first-order chi connectivity index (χ1) is 13.2. The highest BCUT2D eigenvalue weighted by Gasteiger charge is 2.14. The number of aliphatic imine (C=N–C) groups is 1. The van der Waals surface area contributed by atoms with E-state index >= 15 is 0 Å². The van der Waals surface area contributed by atoms with Crippen molar-refractivity contribution in [2.24, 2.45) is 4.99 Å². The van der Waals surface area contributed by atoms with Gasteiger partial charge in [-0.3, -0.25) is 9.89 Å². The van der Waals surface area contributed by atoms with Gasteiger partial charge in [0.05, 0.1) is 0 Å². The van der Waals surface area contributed by atoms with Crippen LogP contribution in [0.3, 0.4) is 0 Å². The molecule has 2 atom stereocenters. The molecule has 0 spiro atoms. The van der Waals surface area contributed by atoms with Crippen LogP contribution in [0.5, 0.6) is 0 Å². The largest absolute Gasteiger partial charge is 0.368 e. The molecule has 3 aromatic carbocycles. The predicted molar refractivity (Wildman–Crippen MR) is 111 cm³/mol. The van der Waals surface area contributed by atoms with Crippen LogP contribution in [-0.2, 0) is 13.1 Å². The molecule has 0 bridgehead atoms. The van der Waals surface area contributed by atoms with E-state index in [1.165, 1.54) is 11.1 Å². The Labute approximate surface area is 161 Å². The molecule has 3 aromatic rings. The molecule has 0 saturated heterocycles. The lowest BCUT2D eigenvalue weighted by Gasteiger charge is -2.27. The third kappa shape index (κ3) is 5.88. The zero-order valence-corrected chi connectivity index (χ0v) is 15.6. The van der Waals surface area contributed by atoms with Crippen LogP contribution in [0.2, 0.25) is 0 Å². The molecule has 0 aliphatic rings. The van der Waals surface area contributed by atoms with Crippen LogP contribution in [-0.4, -0.2) is 22.3 Å². The summed E-state index contributed by atoms with van der Waals surface area (Å²) in [5.74, 6) is 0. The molecule has 3 nitrogen and oxygen atoms in total. The highest BCUT2D eigenvalue weighted by molar-refractivity contribution is 5.64. The van der Waals surface area contributed by atoms with Gasteiger partial charge in [0.1, 0.15) is 0 Å². The monoisotopic (exact) mass is 358 g/mol. The van der Waals surface area contributed by atoms with E-state index < -0.39 is 6.23 Å². The fraction of sp³-hybridized carbons (Fsp3) is 0.208. The van der Waals surface area contributed by atoms with Crippen molar-refractivity contribution < 1.29 is 5.11 Å². The Hall–Kier alpha value is -2.75. The number of nitrogens with zero attached hydrogens (tertiary/aromatic N) is 2. The molecule has 0 aliphatic carbocycles. The first kappa shape index (κ1) is 19.0. The Bertz CT molecular complexity index is 777. The van der Waals surface area contributed by atoms with E-state index in [9.17, 15) is 5.11 Å². The quantitative estimate of drug-likeness (QED) is 0.585. The second-order valence-corrected chi connectivity index (χ2v) is 6.70. The van der Waals surface area contributed by atoms with Gasteiger partial charge in [0.25, 0.3) is 0 Å². The maximum atomic E-state index is 10.3. The number of rotatable bonds is 8. The lowest BCUT2D eigenvalue weighted by Crippen LogP contribution is -2.33. The van der Waals surface area contributed by atoms with E-state index in [1.807, 2.05) is 48.7 Å². The van der Waals surface area contributed by atoms with Crippen LogP contribution >= 0.6 is 0 Å². The highest BCUT2D eigenvalue weighted by Crippen LogP contribution is 2.15. The molecule has 0 fully saturated rings. The average Bonchev–Trinajstić information content (AvgIpc) is 2.73. The summed E-state index contributed by atoms with van der Waals surface area (Å²) in [5, 5.41) is 10.3. The fourth-order valence-electron chi connectivity index (χ4n) is 2.99. The third-order valence-corrected chi connectivity index (χ3v) is 4.57. The topological polar surface area (TPSA) is 35.8 Å². The van der Waals surface area contributed by atoms with E-state index in [-0.39, 0.29) is 6.04 Å². The number of aliphatic hydroxyl groups is 1. The molecule has 0 aromatic heterocycles. The molecule has 1 unspecified atom stereocenters. The van der Waals surface area contributed by atoms with Crippen molar-refractivity contribution in [3.05, 3.63) is 108 Å². The van der Waals surface area contributed by atoms with Gasteiger partial charge in [-0.2, -0.15) is 0 Å². The van der Waals surface area contributed by atoms with Crippen LogP contribution in [0.25, 0.3) is 0 Å². The van der Waals surface area contributed by atoms with Crippen LogP contribution < -0.4 is 0 Å². The predicted octanol–water partition coefficient (Wildman–Crippen LogP) is 4.84. The van der Waals surface area contributed by atoms with E-state index in [0.29, 0.717) is 0 Å². The third-order valence-electron chi connectivity index (χ3n) is 4.57. The zero-order chi connectivity index (χ0) is 18.9. The molecule has 3 rings (SSSR count). The molecule has 3 heteroatoms. The van der Waals surface area contributed by atoms with Gasteiger partial charge >= 0.3 is 0 Å². The van der Waals surface area contributed by atoms with Crippen LogP contribution in [0, 0.1) is 0 Å². The van der Waals surface area contributed by atoms with Crippen molar-refractivity contribution in [2.45, 2.75) is 32.3 Å². The summed E-state index contributed by atoms with van der Waals surface area (Å²) in [6.07, 6.45) is 1.02. The molecule has 0 aliphatic heterocycles. The Morgan fingerprint density at radius 3 is 1.70 bits per heavy atom. The Morgan fingerprint density at radius 1 is 0.778 bits per heavy atom. The number of aliphatic hydroxyl groups excluding tert-OH is 1. The van der Waals surface area contributed by atoms with Crippen molar-refractivity contribution in [3.8, 4) is 0 Å². The fourth-order valence-corrected chi connectivity index (χ4v) is 2.99. The number of hydrogen-bond donors (Lipinski definition) is 1. The summed E-state index contributed by atoms with van der Waals surface area (Å²) in [5.41, 5.74) is 3.33. The van der Waals surface area contributed by atoms with Crippen LogP contribution in [0.4, 0.5) is 0 Å². The van der Waals surface area contributed by atoms with Gasteiger partial charge in [-0.15, -0.1) is 0 Å². The van der Waals surface area contributed by atoms with Crippen molar-refractivity contribution in [1.29, 1.82) is 0 Å². The summed E-state index contributed by atoms with van der Waals surface area (Å²) in [7, 11) is 0. The van der Waals surface area contributed by atoms with Crippen LogP contribution in [0.15, 0.2) is 96.0 Å². The van der Waals surface area contributed by atoms with Gasteiger partial charge in [-0.25, -0.2) is 0 Å². The van der Waals surface area contributed by atoms with Gasteiger partial charge in [0.15, 0.2) is 6.23 Å². The highest BCUT2D eigenvalue weighted by atomic mass is 16.3. The van der Waals surface area contributed by atoms with Gasteiger partial charge < -0.3 is 5.11 Å². The summed E-state index contributed by atoms with van der Waals surface area (Å²) >= 11 is 0. The van der Waals surface area contributed by atoms with Crippen molar-refractivity contribution in [3.63, 3.8) is 0 Å². The Kier molecular flexibility index (Phi) is 6.91.